The van der Waals surface area contributed by atoms with E-state index in [2.05, 4.69) is 28.9 Å². The summed E-state index contributed by atoms with van der Waals surface area (Å²) in [5, 5.41) is 9.58. The Morgan fingerprint density at radius 3 is 2.59 bits per heavy atom. The van der Waals surface area contributed by atoms with Gasteiger partial charge >= 0.3 is 5.97 Å². The van der Waals surface area contributed by atoms with Crippen LogP contribution in [0.3, 0.4) is 0 Å². The zero-order chi connectivity index (χ0) is 19.0. The Balaban J connectivity index is 1.76. The molecule has 2 N–H and O–H groups in total. The number of benzene rings is 2. The first-order chi connectivity index (χ1) is 13.0. The first kappa shape index (κ1) is 17.5. The smallest absolute Gasteiger partial charge is 0.341 e. The molecule has 0 amide bonds. The van der Waals surface area contributed by atoms with Crippen LogP contribution in [0.15, 0.2) is 53.5 Å². The molecule has 2 heterocycles. The fraction of sp³-hybridized carbons (Fsp3) is 0.273. The van der Waals surface area contributed by atoms with E-state index in [1.807, 2.05) is 24.3 Å². The molecule has 0 aliphatic carbocycles. The highest BCUT2D eigenvalue weighted by molar-refractivity contribution is 5.93. The number of hydrogen-bond donors (Lipinski definition) is 2. The summed E-state index contributed by atoms with van der Waals surface area (Å²) in [5.41, 5.74) is 3.13. The maximum atomic E-state index is 12.5. The second kappa shape index (κ2) is 7.00. The Labute approximate surface area is 157 Å². The largest absolute Gasteiger partial charge is 0.477 e. The molecular weight excluding hydrogens is 340 g/mol. The summed E-state index contributed by atoms with van der Waals surface area (Å²) in [6.45, 7) is 4.50. The molecule has 0 unspecified atom stereocenters. The number of aromatic carboxylic acids is 1. The predicted molar refractivity (Wildman–Crippen MR) is 106 cm³/mol. The third-order valence-corrected chi connectivity index (χ3v) is 5.50. The lowest BCUT2D eigenvalue weighted by Gasteiger charge is -2.24. The fourth-order valence-corrected chi connectivity index (χ4v) is 3.87. The van der Waals surface area contributed by atoms with Crippen LogP contribution < -0.4 is 5.43 Å². The van der Waals surface area contributed by atoms with Crippen LogP contribution in [0.5, 0.6) is 0 Å². The SMILES string of the molecule is C[C@H](c1cccc(-c2ccc3[nH]cc(C(=O)O)c(=O)c3c2)c1)N1CCCC1. The summed E-state index contributed by atoms with van der Waals surface area (Å²) < 4.78 is 0. The lowest BCUT2D eigenvalue weighted by atomic mass is 9.98. The highest BCUT2D eigenvalue weighted by Gasteiger charge is 2.19. The summed E-state index contributed by atoms with van der Waals surface area (Å²) in [7, 11) is 0. The van der Waals surface area contributed by atoms with E-state index in [1.54, 1.807) is 6.07 Å². The average molecular weight is 362 g/mol. The molecule has 1 aromatic heterocycles. The third-order valence-electron chi connectivity index (χ3n) is 5.50. The maximum absolute atomic E-state index is 12.5. The van der Waals surface area contributed by atoms with Crippen molar-refractivity contribution < 1.29 is 9.90 Å². The number of carboxylic acids is 1. The molecule has 27 heavy (non-hydrogen) atoms. The second-order valence-corrected chi connectivity index (χ2v) is 7.14. The van der Waals surface area contributed by atoms with Gasteiger partial charge in [0.05, 0.1) is 0 Å². The Hall–Kier alpha value is -2.92. The number of hydrogen-bond acceptors (Lipinski definition) is 3. The van der Waals surface area contributed by atoms with Crippen LogP contribution in [0.1, 0.15) is 41.7 Å². The molecule has 0 bridgehead atoms. The molecular formula is C22H22N2O3. The first-order valence-corrected chi connectivity index (χ1v) is 9.28. The lowest BCUT2D eigenvalue weighted by Crippen LogP contribution is -2.23. The number of fused-ring (bicyclic) bond motifs is 1. The minimum atomic E-state index is -1.22. The van der Waals surface area contributed by atoms with E-state index < -0.39 is 11.4 Å². The van der Waals surface area contributed by atoms with Crippen molar-refractivity contribution in [1.82, 2.24) is 9.88 Å². The van der Waals surface area contributed by atoms with E-state index in [4.69, 9.17) is 0 Å². The molecule has 1 saturated heterocycles. The van der Waals surface area contributed by atoms with Crippen LogP contribution in [0.4, 0.5) is 0 Å². The number of nitrogens with one attached hydrogen (secondary N) is 1. The van der Waals surface area contributed by atoms with E-state index in [0.29, 0.717) is 16.9 Å². The van der Waals surface area contributed by atoms with E-state index in [-0.39, 0.29) is 5.56 Å². The van der Waals surface area contributed by atoms with Crippen molar-refractivity contribution in [3.05, 3.63) is 70.0 Å². The number of carbonyl (C=O) groups is 1. The standard InChI is InChI=1S/C22H22N2O3/c1-14(24-9-2-3-10-24)15-5-4-6-16(11-15)17-7-8-20-18(12-17)21(25)19(13-23-20)22(26)27/h4-8,11-14H,2-3,9-10H2,1H3,(H,23,25)(H,26,27)/t14-/m1/s1. The van der Waals surface area contributed by atoms with Crippen LogP contribution in [0.25, 0.3) is 22.0 Å². The third kappa shape index (κ3) is 3.26. The highest BCUT2D eigenvalue weighted by atomic mass is 16.4. The van der Waals surface area contributed by atoms with Gasteiger partial charge in [0.2, 0.25) is 5.43 Å². The van der Waals surface area contributed by atoms with Gasteiger partial charge in [-0.3, -0.25) is 9.69 Å². The number of nitrogens with zero attached hydrogens (tertiary/aromatic N) is 1. The molecule has 5 nitrogen and oxygen atoms in total. The van der Waals surface area contributed by atoms with Gasteiger partial charge in [0.25, 0.3) is 0 Å². The monoisotopic (exact) mass is 362 g/mol. The van der Waals surface area contributed by atoms with Gasteiger partial charge in [0, 0.05) is 23.1 Å². The van der Waals surface area contributed by atoms with Gasteiger partial charge in [-0.05, 0) is 67.7 Å². The van der Waals surface area contributed by atoms with Crippen molar-refractivity contribution in [3.63, 3.8) is 0 Å². The number of rotatable bonds is 4. The molecule has 1 aliphatic rings. The number of likely N-dealkylation sites (tertiary alicyclic amines) is 1. The second-order valence-electron chi connectivity index (χ2n) is 7.14. The highest BCUT2D eigenvalue weighted by Crippen LogP contribution is 2.29. The number of aromatic amines is 1. The summed E-state index contributed by atoms with van der Waals surface area (Å²) in [6, 6.07) is 14.3. The van der Waals surface area contributed by atoms with Gasteiger partial charge < -0.3 is 10.1 Å². The van der Waals surface area contributed by atoms with Crippen molar-refractivity contribution in [2.24, 2.45) is 0 Å². The summed E-state index contributed by atoms with van der Waals surface area (Å²) >= 11 is 0. The Morgan fingerprint density at radius 1 is 1.11 bits per heavy atom. The Bertz CT molecular complexity index is 1060. The molecule has 4 rings (SSSR count). The molecule has 5 heteroatoms. The quantitative estimate of drug-likeness (QED) is 0.734. The van der Waals surface area contributed by atoms with E-state index in [0.717, 1.165) is 24.2 Å². The normalized spacial score (nSPS) is 15.9. The van der Waals surface area contributed by atoms with Gasteiger partial charge in [0.1, 0.15) is 5.56 Å². The minimum absolute atomic E-state index is 0.240. The number of H-pyrrole nitrogens is 1. The maximum Gasteiger partial charge on any atom is 0.341 e. The topological polar surface area (TPSA) is 73.4 Å². The van der Waals surface area contributed by atoms with Gasteiger partial charge in [-0.1, -0.05) is 24.3 Å². The van der Waals surface area contributed by atoms with Crippen molar-refractivity contribution in [3.8, 4) is 11.1 Å². The molecule has 2 aromatic carbocycles. The molecule has 1 fully saturated rings. The van der Waals surface area contributed by atoms with Crippen molar-refractivity contribution in [2.75, 3.05) is 13.1 Å². The van der Waals surface area contributed by atoms with Crippen molar-refractivity contribution in [2.45, 2.75) is 25.8 Å². The zero-order valence-corrected chi connectivity index (χ0v) is 15.2. The first-order valence-electron chi connectivity index (χ1n) is 9.28. The van der Waals surface area contributed by atoms with Crippen LogP contribution in [0.2, 0.25) is 0 Å². The summed E-state index contributed by atoms with van der Waals surface area (Å²) in [4.78, 5) is 29.1. The van der Waals surface area contributed by atoms with E-state index in [1.165, 1.54) is 24.6 Å². The van der Waals surface area contributed by atoms with Gasteiger partial charge in [-0.15, -0.1) is 0 Å². The van der Waals surface area contributed by atoms with Gasteiger partial charge in [0.15, 0.2) is 0 Å². The zero-order valence-electron chi connectivity index (χ0n) is 15.2. The minimum Gasteiger partial charge on any atom is -0.477 e. The molecule has 0 radical (unpaired) electrons. The van der Waals surface area contributed by atoms with E-state index in [9.17, 15) is 14.7 Å². The number of pyridine rings is 1. The van der Waals surface area contributed by atoms with Crippen molar-refractivity contribution >= 4 is 16.9 Å². The Morgan fingerprint density at radius 2 is 1.85 bits per heavy atom. The molecule has 1 aliphatic heterocycles. The van der Waals surface area contributed by atoms with Crippen LogP contribution in [0, 0.1) is 0 Å². The predicted octanol–water partition coefficient (Wildman–Crippen LogP) is 4.05. The molecule has 3 aromatic rings. The lowest BCUT2D eigenvalue weighted by molar-refractivity contribution is 0.0695. The summed E-state index contributed by atoms with van der Waals surface area (Å²) in [5.74, 6) is -1.22. The number of aromatic nitrogens is 1. The Kier molecular flexibility index (Phi) is 4.54. The van der Waals surface area contributed by atoms with Crippen LogP contribution in [-0.4, -0.2) is 34.0 Å². The molecule has 0 saturated carbocycles. The average Bonchev–Trinajstić information content (AvgIpc) is 3.22. The molecule has 1 atom stereocenters. The number of carboxylic acid groups (broad SMARTS) is 1. The molecule has 138 valence electrons. The van der Waals surface area contributed by atoms with Crippen molar-refractivity contribution in [1.29, 1.82) is 0 Å². The van der Waals surface area contributed by atoms with Gasteiger partial charge in [-0.2, -0.15) is 0 Å². The van der Waals surface area contributed by atoms with E-state index >= 15 is 0 Å². The fourth-order valence-electron chi connectivity index (χ4n) is 3.87. The molecule has 0 spiro atoms. The summed E-state index contributed by atoms with van der Waals surface area (Å²) in [6.07, 6.45) is 3.76. The van der Waals surface area contributed by atoms with Gasteiger partial charge in [-0.25, -0.2) is 4.79 Å². The van der Waals surface area contributed by atoms with Crippen LogP contribution in [-0.2, 0) is 0 Å². The van der Waals surface area contributed by atoms with Crippen LogP contribution >= 0.6 is 0 Å².